The first-order valence-electron chi connectivity index (χ1n) is 9.70. The monoisotopic (exact) mass is 407 g/mol. The van der Waals surface area contributed by atoms with E-state index in [0.29, 0.717) is 36.0 Å². The second-order valence-corrected chi connectivity index (χ2v) is 7.09. The third-order valence-corrected chi connectivity index (χ3v) is 4.82. The molecule has 6 heteroatoms. The molecule has 0 radical (unpaired) electrons. The number of fused-ring (bicyclic) bond motifs is 1. The highest BCUT2D eigenvalue weighted by molar-refractivity contribution is 5.96. The highest BCUT2D eigenvalue weighted by atomic mass is 19.1. The van der Waals surface area contributed by atoms with Crippen LogP contribution in [0.1, 0.15) is 15.9 Å². The molecule has 0 fully saturated rings. The highest BCUT2D eigenvalue weighted by Crippen LogP contribution is 2.31. The molecule has 1 aliphatic heterocycles. The number of halogens is 1. The van der Waals surface area contributed by atoms with Crippen molar-refractivity contribution in [1.82, 2.24) is 4.90 Å². The molecule has 1 heterocycles. The van der Waals surface area contributed by atoms with E-state index in [4.69, 9.17) is 14.2 Å². The van der Waals surface area contributed by atoms with Gasteiger partial charge in [0.15, 0.2) is 17.6 Å². The van der Waals surface area contributed by atoms with Crippen molar-refractivity contribution in [3.8, 4) is 17.2 Å². The van der Waals surface area contributed by atoms with E-state index < -0.39 is 0 Å². The summed E-state index contributed by atoms with van der Waals surface area (Å²) in [4.78, 5) is 14.6. The molecule has 3 aromatic carbocycles. The van der Waals surface area contributed by atoms with Crippen molar-refractivity contribution in [3.05, 3.63) is 89.7 Å². The second-order valence-electron chi connectivity index (χ2n) is 7.09. The lowest BCUT2D eigenvalue weighted by molar-refractivity contribution is 0.0518. The summed E-state index contributed by atoms with van der Waals surface area (Å²) in [7, 11) is 1.73. The van der Waals surface area contributed by atoms with E-state index in [1.807, 2.05) is 30.3 Å². The molecule has 30 heavy (non-hydrogen) atoms. The van der Waals surface area contributed by atoms with Crippen molar-refractivity contribution < 1.29 is 23.4 Å². The van der Waals surface area contributed by atoms with Gasteiger partial charge in [0, 0.05) is 7.05 Å². The number of benzene rings is 3. The molecular formula is C24H22FNO4. The molecule has 1 atom stereocenters. The third kappa shape index (κ3) is 4.54. The molecule has 0 spiro atoms. The molecule has 5 nitrogen and oxygen atoms in total. The fourth-order valence-electron chi connectivity index (χ4n) is 3.26. The predicted molar refractivity (Wildman–Crippen MR) is 110 cm³/mol. The maximum atomic E-state index is 13.1. The molecule has 0 N–H and O–H groups in total. The summed E-state index contributed by atoms with van der Waals surface area (Å²) in [5, 5.41) is 0. The predicted octanol–water partition coefficient (Wildman–Crippen LogP) is 4.32. The first-order valence-corrected chi connectivity index (χ1v) is 9.70. The van der Waals surface area contributed by atoms with Crippen LogP contribution in [0, 0.1) is 5.82 Å². The Morgan fingerprint density at radius 3 is 2.53 bits per heavy atom. The molecule has 0 aromatic heterocycles. The average molecular weight is 407 g/mol. The van der Waals surface area contributed by atoms with Gasteiger partial charge in [0.25, 0.3) is 5.91 Å². The molecule has 154 valence electrons. The second kappa shape index (κ2) is 8.86. The van der Waals surface area contributed by atoms with Crippen LogP contribution < -0.4 is 14.2 Å². The van der Waals surface area contributed by atoms with Gasteiger partial charge in [0.05, 0.1) is 12.1 Å². The molecule has 4 rings (SSSR count). The van der Waals surface area contributed by atoms with Crippen LogP contribution in [0.2, 0.25) is 0 Å². The standard InChI is InChI=1S/C24H22FNO4/c1-26(14-19-16-29-22-8-4-5-9-23(22)30-19)24(27)20-6-2-3-7-21(20)28-15-17-10-12-18(25)13-11-17/h2-13,19H,14-16H2,1H3/t19-/m0/s1. The third-order valence-electron chi connectivity index (χ3n) is 4.82. The van der Waals surface area contributed by atoms with Crippen molar-refractivity contribution in [2.24, 2.45) is 0 Å². The Labute approximate surface area is 174 Å². The molecular weight excluding hydrogens is 385 g/mol. The number of carbonyl (C=O) groups excluding carboxylic acids is 1. The fraction of sp³-hybridized carbons (Fsp3) is 0.208. The lowest BCUT2D eigenvalue weighted by Crippen LogP contribution is -2.41. The van der Waals surface area contributed by atoms with Crippen LogP contribution in [0.4, 0.5) is 4.39 Å². The molecule has 1 amide bonds. The Morgan fingerprint density at radius 1 is 1.03 bits per heavy atom. The van der Waals surface area contributed by atoms with E-state index in [1.165, 1.54) is 12.1 Å². The first-order chi connectivity index (χ1) is 14.6. The smallest absolute Gasteiger partial charge is 0.257 e. The minimum Gasteiger partial charge on any atom is -0.488 e. The number of amides is 1. The van der Waals surface area contributed by atoms with Gasteiger partial charge in [-0.05, 0) is 42.0 Å². The quantitative estimate of drug-likeness (QED) is 0.611. The number of hydrogen-bond acceptors (Lipinski definition) is 4. The van der Waals surface area contributed by atoms with Crippen molar-refractivity contribution in [2.75, 3.05) is 20.2 Å². The van der Waals surface area contributed by atoms with Crippen LogP contribution in [0.25, 0.3) is 0 Å². The Morgan fingerprint density at radius 2 is 1.73 bits per heavy atom. The van der Waals surface area contributed by atoms with E-state index in [2.05, 4.69) is 0 Å². The highest BCUT2D eigenvalue weighted by Gasteiger charge is 2.25. The van der Waals surface area contributed by atoms with Crippen molar-refractivity contribution >= 4 is 5.91 Å². The van der Waals surface area contributed by atoms with Gasteiger partial charge in [-0.15, -0.1) is 0 Å². The summed E-state index contributed by atoms with van der Waals surface area (Å²) >= 11 is 0. The number of carbonyl (C=O) groups is 1. The molecule has 0 saturated carbocycles. The van der Waals surface area contributed by atoms with Crippen LogP contribution in [0.3, 0.4) is 0 Å². The topological polar surface area (TPSA) is 48.0 Å². The number of para-hydroxylation sites is 3. The molecule has 3 aromatic rings. The maximum absolute atomic E-state index is 13.1. The summed E-state index contributed by atoms with van der Waals surface area (Å²) in [5.74, 6) is 1.39. The van der Waals surface area contributed by atoms with Crippen LogP contribution in [0.5, 0.6) is 17.2 Å². The van der Waals surface area contributed by atoms with Crippen LogP contribution in [-0.4, -0.2) is 37.1 Å². The van der Waals surface area contributed by atoms with Gasteiger partial charge < -0.3 is 19.1 Å². The van der Waals surface area contributed by atoms with E-state index in [1.54, 1.807) is 42.3 Å². The Balaban J connectivity index is 1.41. The van der Waals surface area contributed by atoms with Crippen LogP contribution in [0.15, 0.2) is 72.8 Å². The summed E-state index contributed by atoms with van der Waals surface area (Å²) in [6.45, 7) is 0.988. The average Bonchev–Trinajstić information content (AvgIpc) is 2.78. The van der Waals surface area contributed by atoms with E-state index in [-0.39, 0.29) is 24.4 Å². The van der Waals surface area contributed by atoms with Crippen LogP contribution in [-0.2, 0) is 6.61 Å². The van der Waals surface area contributed by atoms with E-state index in [9.17, 15) is 9.18 Å². The Bertz CT molecular complexity index is 1020. The fourth-order valence-corrected chi connectivity index (χ4v) is 3.26. The van der Waals surface area contributed by atoms with Gasteiger partial charge in [-0.3, -0.25) is 4.79 Å². The van der Waals surface area contributed by atoms with Crippen molar-refractivity contribution in [2.45, 2.75) is 12.7 Å². The summed E-state index contributed by atoms with van der Waals surface area (Å²) in [5.41, 5.74) is 1.28. The van der Waals surface area contributed by atoms with Gasteiger partial charge in [0.1, 0.15) is 24.8 Å². The maximum Gasteiger partial charge on any atom is 0.257 e. The lowest BCUT2D eigenvalue weighted by Gasteiger charge is -2.29. The van der Waals surface area contributed by atoms with E-state index >= 15 is 0 Å². The number of hydrogen-bond donors (Lipinski definition) is 0. The normalized spacial score (nSPS) is 14.8. The zero-order chi connectivity index (χ0) is 20.9. The first kappa shape index (κ1) is 19.8. The van der Waals surface area contributed by atoms with Crippen molar-refractivity contribution in [1.29, 1.82) is 0 Å². The number of likely N-dealkylation sites (N-methyl/N-ethyl adjacent to an activating group) is 1. The SMILES string of the molecule is CN(C[C@H]1COc2ccccc2O1)C(=O)c1ccccc1OCc1ccc(F)cc1. The van der Waals surface area contributed by atoms with Gasteiger partial charge in [-0.2, -0.15) is 0 Å². The van der Waals surface area contributed by atoms with E-state index in [0.717, 1.165) is 5.56 Å². The number of nitrogens with zero attached hydrogens (tertiary/aromatic N) is 1. The van der Waals surface area contributed by atoms with Crippen molar-refractivity contribution in [3.63, 3.8) is 0 Å². The zero-order valence-corrected chi connectivity index (χ0v) is 16.6. The van der Waals surface area contributed by atoms with Gasteiger partial charge in [0.2, 0.25) is 0 Å². The minimum absolute atomic E-state index is 0.174. The minimum atomic E-state index is -0.299. The lowest BCUT2D eigenvalue weighted by atomic mass is 10.1. The number of rotatable bonds is 6. The number of ether oxygens (including phenoxy) is 3. The summed E-state index contributed by atoms with van der Waals surface area (Å²) in [6, 6.07) is 20.6. The summed E-state index contributed by atoms with van der Waals surface area (Å²) in [6.07, 6.45) is -0.263. The van der Waals surface area contributed by atoms with Gasteiger partial charge in [-0.1, -0.05) is 36.4 Å². The van der Waals surface area contributed by atoms with Gasteiger partial charge in [-0.25, -0.2) is 4.39 Å². The Kier molecular flexibility index (Phi) is 5.84. The largest absolute Gasteiger partial charge is 0.488 e. The van der Waals surface area contributed by atoms with Crippen LogP contribution >= 0.6 is 0 Å². The Hall–Kier alpha value is -3.54. The zero-order valence-electron chi connectivity index (χ0n) is 16.6. The molecule has 0 saturated heterocycles. The summed E-state index contributed by atoms with van der Waals surface area (Å²) < 4.78 is 30.6. The molecule has 0 aliphatic carbocycles. The van der Waals surface area contributed by atoms with Gasteiger partial charge >= 0.3 is 0 Å². The molecule has 0 bridgehead atoms. The molecule has 0 unspecified atom stereocenters. The molecule has 1 aliphatic rings.